The van der Waals surface area contributed by atoms with E-state index in [1.807, 2.05) is 0 Å². The Morgan fingerprint density at radius 2 is 1.93 bits per heavy atom. The van der Waals surface area contributed by atoms with Crippen molar-refractivity contribution in [2.75, 3.05) is 0 Å². The smallest absolute Gasteiger partial charge is 0.321 e. The van der Waals surface area contributed by atoms with Crippen LogP contribution >= 0.6 is 0 Å². The Bertz CT molecular complexity index is 346. The Labute approximate surface area is 85.9 Å². The molecule has 1 rings (SSSR count). The van der Waals surface area contributed by atoms with Gasteiger partial charge in [0.2, 0.25) is 0 Å². The van der Waals surface area contributed by atoms with Crippen LogP contribution in [0.2, 0.25) is 0 Å². The summed E-state index contributed by atoms with van der Waals surface area (Å²) in [6.07, 6.45) is -0.00993. The average Bonchev–Trinajstić information content (AvgIpc) is 2.18. The first-order chi connectivity index (χ1) is 6.94. The lowest BCUT2D eigenvalue weighted by molar-refractivity contribution is -0.385. The number of nitro groups is 1. The van der Waals surface area contributed by atoms with E-state index < -0.39 is 10.9 Å². The molecule has 0 atom stereocenters. The fourth-order valence-electron chi connectivity index (χ4n) is 0.897. The van der Waals surface area contributed by atoms with Gasteiger partial charge in [-0.25, -0.2) is 0 Å². The van der Waals surface area contributed by atoms with E-state index in [0.717, 1.165) is 0 Å². The van der Waals surface area contributed by atoms with E-state index >= 15 is 0 Å². The van der Waals surface area contributed by atoms with Gasteiger partial charge in [-0.2, -0.15) is 0 Å². The first-order valence-corrected chi connectivity index (χ1v) is 4.33. The fourth-order valence-corrected chi connectivity index (χ4v) is 0.897. The molecule has 1 aromatic carbocycles. The first-order valence-electron chi connectivity index (χ1n) is 4.33. The summed E-state index contributed by atoms with van der Waals surface area (Å²) in [6.45, 7) is 1.53. The third kappa shape index (κ3) is 3.19. The zero-order chi connectivity index (χ0) is 11.5. The van der Waals surface area contributed by atoms with Crippen molar-refractivity contribution in [2.45, 2.75) is 19.3 Å². The lowest BCUT2D eigenvalue weighted by Crippen LogP contribution is -2.34. The molecule has 82 valence electrons. The van der Waals surface area contributed by atoms with E-state index in [9.17, 15) is 10.1 Å². The molecule has 2 N–H and O–H groups in total. The normalized spacial score (nSPS) is 11.1. The van der Waals surface area contributed by atoms with Crippen molar-refractivity contribution < 1.29 is 19.9 Å². The number of benzene rings is 1. The van der Waals surface area contributed by atoms with Crippen LogP contribution in [0.25, 0.3) is 0 Å². The maximum Gasteiger partial charge on any atom is 0.321 e. The predicted molar refractivity (Wildman–Crippen MR) is 51.2 cm³/mol. The molecule has 0 aliphatic carbocycles. The second-order valence-electron chi connectivity index (χ2n) is 2.95. The van der Waals surface area contributed by atoms with Crippen molar-refractivity contribution in [1.82, 2.24) is 0 Å². The zero-order valence-electron chi connectivity index (χ0n) is 8.08. The van der Waals surface area contributed by atoms with Crippen LogP contribution in [0.1, 0.15) is 13.3 Å². The number of rotatable bonds is 4. The Morgan fingerprint density at radius 1 is 1.40 bits per heavy atom. The molecule has 0 aliphatic heterocycles. The van der Waals surface area contributed by atoms with Crippen molar-refractivity contribution in [3.63, 3.8) is 0 Å². The molecule has 0 saturated heterocycles. The zero-order valence-corrected chi connectivity index (χ0v) is 8.08. The highest BCUT2D eigenvalue weighted by atomic mass is 16.8. The largest absolute Gasteiger partial charge is 0.439 e. The van der Waals surface area contributed by atoms with Gasteiger partial charge in [-0.05, 0) is 12.1 Å². The molecular weight excluding hydrogens is 202 g/mol. The third-order valence-electron chi connectivity index (χ3n) is 1.79. The van der Waals surface area contributed by atoms with Crippen LogP contribution in [0.5, 0.6) is 5.75 Å². The predicted octanol–water partition coefficient (Wildman–Crippen LogP) is 1.02. The maximum absolute atomic E-state index is 10.3. The second-order valence-corrected chi connectivity index (χ2v) is 2.95. The van der Waals surface area contributed by atoms with Gasteiger partial charge >= 0.3 is 5.97 Å². The topological polar surface area (TPSA) is 92.8 Å². The molecule has 1 aromatic rings. The highest BCUT2D eigenvalue weighted by molar-refractivity contribution is 5.36. The van der Waals surface area contributed by atoms with Gasteiger partial charge in [-0.15, -0.1) is 0 Å². The Balaban J connectivity index is 2.77. The number of hydrogen-bond acceptors (Lipinski definition) is 5. The van der Waals surface area contributed by atoms with Crippen LogP contribution in [0.3, 0.4) is 0 Å². The molecule has 0 radical (unpaired) electrons. The summed E-state index contributed by atoms with van der Waals surface area (Å²) in [5.74, 6) is -2.08. The number of nitrogens with zero attached hydrogens (tertiary/aromatic N) is 1. The van der Waals surface area contributed by atoms with Gasteiger partial charge in [-0.3, -0.25) is 10.1 Å². The maximum atomic E-state index is 10.3. The van der Waals surface area contributed by atoms with E-state index in [4.69, 9.17) is 14.9 Å². The van der Waals surface area contributed by atoms with Crippen molar-refractivity contribution in [1.29, 1.82) is 0 Å². The second kappa shape index (κ2) is 4.24. The molecule has 6 heteroatoms. The molecule has 0 heterocycles. The van der Waals surface area contributed by atoms with Crippen LogP contribution in [0.15, 0.2) is 24.3 Å². The van der Waals surface area contributed by atoms with Gasteiger partial charge in [0.15, 0.2) is 0 Å². The number of ether oxygens (including phenoxy) is 1. The Morgan fingerprint density at radius 3 is 2.33 bits per heavy atom. The van der Waals surface area contributed by atoms with E-state index in [1.165, 1.54) is 31.2 Å². The Hall–Kier alpha value is -1.66. The minimum absolute atomic E-state index is 0.00993. The van der Waals surface area contributed by atoms with Gasteiger partial charge in [0.05, 0.1) is 4.92 Å². The summed E-state index contributed by atoms with van der Waals surface area (Å²) in [7, 11) is 0. The summed E-state index contributed by atoms with van der Waals surface area (Å²) < 4.78 is 4.77. The van der Waals surface area contributed by atoms with E-state index in [2.05, 4.69) is 0 Å². The summed E-state index contributed by atoms with van der Waals surface area (Å²) in [4.78, 5) is 9.77. The van der Waals surface area contributed by atoms with Crippen LogP contribution in [-0.2, 0) is 0 Å². The fraction of sp³-hybridized carbons (Fsp3) is 0.333. The number of hydrogen-bond donors (Lipinski definition) is 2. The lowest BCUT2D eigenvalue weighted by Gasteiger charge is -2.20. The van der Waals surface area contributed by atoms with Crippen LogP contribution in [0.4, 0.5) is 5.69 Å². The molecule has 6 nitrogen and oxygen atoms in total. The molecular formula is C9H11NO5. The SMILES string of the molecule is CCC(O)(O)Oc1ccc([N+](=O)[O-])cc1. The van der Waals surface area contributed by atoms with Gasteiger partial charge in [0.1, 0.15) is 5.75 Å². The van der Waals surface area contributed by atoms with Gasteiger partial charge < -0.3 is 14.9 Å². The minimum Gasteiger partial charge on any atom is -0.439 e. The summed E-state index contributed by atoms with van der Waals surface area (Å²) in [5.41, 5.74) is -0.0830. The summed E-state index contributed by atoms with van der Waals surface area (Å²) >= 11 is 0. The quantitative estimate of drug-likeness (QED) is 0.442. The van der Waals surface area contributed by atoms with Crippen LogP contribution in [0, 0.1) is 10.1 Å². The molecule has 0 unspecified atom stereocenters. The minimum atomic E-state index is -2.24. The Kier molecular flexibility index (Phi) is 3.23. The van der Waals surface area contributed by atoms with Crippen molar-refractivity contribution in [2.24, 2.45) is 0 Å². The van der Waals surface area contributed by atoms with E-state index in [1.54, 1.807) is 0 Å². The molecule has 0 aromatic heterocycles. The van der Waals surface area contributed by atoms with Gasteiger partial charge in [-0.1, -0.05) is 6.92 Å². The monoisotopic (exact) mass is 213 g/mol. The molecule has 0 aliphatic rings. The molecule has 0 fully saturated rings. The van der Waals surface area contributed by atoms with Crippen LogP contribution < -0.4 is 4.74 Å². The van der Waals surface area contributed by atoms with Crippen molar-refractivity contribution >= 4 is 5.69 Å². The van der Waals surface area contributed by atoms with Crippen molar-refractivity contribution in [3.05, 3.63) is 34.4 Å². The highest BCUT2D eigenvalue weighted by Gasteiger charge is 2.22. The number of nitro benzene ring substituents is 1. The third-order valence-corrected chi connectivity index (χ3v) is 1.79. The standard InChI is InChI=1S/C9H11NO5/c1-2-9(11,12)15-8-5-3-7(4-6-8)10(13)14/h3-6,11-12H,2H2,1H3. The molecule has 0 spiro atoms. The van der Waals surface area contributed by atoms with Gasteiger partial charge in [0.25, 0.3) is 5.69 Å². The van der Waals surface area contributed by atoms with Crippen molar-refractivity contribution in [3.8, 4) is 5.75 Å². The summed E-state index contributed by atoms with van der Waals surface area (Å²) in [6, 6.07) is 5.05. The molecule has 15 heavy (non-hydrogen) atoms. The molecule has 0 saturated carbocycles. The van der Waals surface area contributed by atoms with Crippen LogP contribution in [-0.4, -0.2) is 21.1 Å². The first kappa shape index (κ1) is 11.4. The highest BCUT2D eigenvalue weighted by Crippen LogP contribution is 2.21. The van der Waals surface area contributed by atoms with E-state index in [-0.39, 0.29) is 17.9 Å². The van der Waals surface area contributed by atoms with E-state index in [0.29, 0.717) is 0 Å². The summed E-state index contributed by atoms with van der Waals surface area (Å²) in [5, 5.41) is 28.6. The number of aliphatic hydroxyl groups is 2. The molecule has 0 amide bonds. The molecule has 0 bridgehead atoms. The average molecular weight is 213 g/mol. The van der Waals surface area contributed by atoms with Gasteiger partial charge in [0, 0.05) is 18.6 Å². The number of non-ortho nitro benzene ring substituents is 1. The lowest BCUT2D eigenvalue weighted by atomic mass is 10.3.